The largest absolute Gasteiger partial charge is 0.338 e. The van der Waals surface area contributed by atoms with Crippen LogP contribution in [-0.4, -0.2) is 43.6 Å². The minimum Gasteiger partial charge on any atom is -0.338 e. The summed E-state index contributed by atoms with van der Waals surface area (Å²) in [6, 6.07) is 3.51. The highest BCUT2D eigenvalue weighted by Gasteiger charge is 2.28. The van der Waals surface area contributed by atoms with Crippen LogP contribution in [0.2, 0.25) is 0 Å². The maximum absolute atomic E-state index is 12.6. The Kier molecular flexibility index (Phi) is 4.01. The fourth-order valence-electron chi connectivity index (χ4n) is 2.75. The Hall–Kier alpha value is -1.76. The first-order valence-corrected chi connectivity index (χ1v) is 7.69. The molecular weight excluding hydrogens is 334 g/mol. The standard InChI is InChI=1S/C14H16BrN5O/c1-19-9-17-18-13(19)11-3-2-6-20(8-11)14(21)10-4-5-16-12(15)7-10/h4-5,7,9,11H,2-3,6,8H2,1H3. The van der Waals surface area contributed by atoms with Crippen LogP contribution in [0.1, 0.15) is 34.9 Å². The minimum absolute atomic E-state index is 0.0463. The molecule has 110 valence electrons. The third-order valence-corrected chi connectivity index (χ3v) is 4.23. The lowest BCUT2D eigenvalue weighted by Gasteiger charge is -2.32. The van der Waals surface area contributed by atoms with Gasteiger partial charge in [0.2, 0.25) is 0 Å². The van der Waals surface area contributed by atoms with E-state index in [0.29, 0.717) is 16.7 Å². The molecule has 3 heterocycles. The van der Waals surface area contributed by atoms with Crippen LogP contribution < -0.4 is 0 Å². The molecule has 1 aliphatic heterocycles. The van der Waals surface area contributed by atoms with Gasteiger partial charge in [-0.1, -0.05) is 0 Å². The van der Waals surface area contributed by atoms with Crippen LogP contribution in [-0.2, 0) is 7.05 Å². The maximum Gasteiger partial charge on any atom is 0.254 e. The first-order valence-electron chi connectivity index (χ1n) is 6.90. The van der Waals surface area contributed by atoms with Gasteiger partial charge < -0.3 is 9.47 Å². The Morgan fingerprint density at radius 1 is 1.48 bits per heavy atom. The number of carbonyl (C=O) groups excluding carboxylic acids is 1. The van der Waals surface area contributed by atoms with E-state index in [1.807, 2.05) is 16.5 Å². The number of aryl methyl sites for hydroxylation is 1. The van der Waals surface area contributed by atoms with Crippen molar-refractivity contribution in [2.24, 2.45) is 7.05 Å². The number of halogens is 1. The number of hydrogen-bond acceptors (Lipinski definition) is 4. The smallest absolute Gasteiger partial charge is 0.254 e. The average Bonchev–Trinajstić information content (AvgIpc) is 2.93. The average molecular weight is 350 g/mol. The normalized spacial score (nSPS) is 18.8. The molecule has 0 saturated carbocycles. The molecule has 0 aromatic carbocycles. The zero-order valence-electron chi connectivity index (χ0n) is 11.7. The van der Waals surface area contributed by atoms with Crippen molar-refractivity contribution in [1.82, 2.24) is 24.6 Å². The fourth-order valence-corrected chi connectivity index (χ4v) is 3.12. The van der Waals surface area contributed by atoms with Crippen LogP contribution in [0.3, 0.4) is 0 Å². The van der Waals surface area contributed by atoms with E-state index in [-0.39, 0.29) is 11.8 Å². The molecule has 1 saturated heterocycles. The summed E-state index contributed by atoms with van der Waals surface area (Å²) in [5, 5.41) is 8.11. The number of amides is 1. The molecule has 1 unspecified atom stereocenters. The molecule has 0 spiro atoms. The maximum atomic E-state index is 12.6. The molecule has 2 aromatic rings. The van der Waals surface area contributed by atoms with Crippen molar-refractivity contribution in [2.45, 2.75) is 18.8 Å². The van der Waals surface area contributed by atoms with Gasteiger partial charge >= 0.3 is 0 Å². The fraction of sp³-hybridized carbons (Fsp3) is 0.429. The number of nitrogens with zero attached hydrogens (tertiary/aromatic N) is 5. The molecule has 0 aliphatic carbocycles. The topological polar surface area (TPSA) is 63.9 Å². The lowest BCUT2D eigenvalue weighted by molar-refractivity contribution is 0.0703. The molecule has 7 heteroatoms. The summed E-state index contributed by atoms with van der Waals surface area (Å²) in [4.78, 5) is 18.5. The van der Waals surface area contributed by atoms with E-state index in [9.17, 15) is 4.79 Å². The van der Waals surface area contributed by atoms with E-state index >= 15 is 0 Å². The summed E-state index contributed by atoms with van der Waals surface area (Å²) in [6.45, 7) is 1.47. The van der Waals surface area contributed by atoms with Gasteiger partial charge in [-0.15, -0.1) is 10.2 Å². The number of carbonyl (C=O) groups is 1. The van der Waals surface area contributed by atoms with Crippen molar-refractivity contribution in [3.63, 3.8) is 0 Å². The Bertz CT molecular complexity index is 656. The highest BCUT2D eigenvalue weighted by molar-refractivity contribution is 9.10. The zero-order chi connectivity index (χ0) is 14.8. The van der Waals surface area contributed by atoms with Crippen molar-refractivity contribution in [3.05, 3.63) is 40.6 Å². The predicted molar refractivity (Wildman–Crippen MR) is 80.8 cm³/mol. The molecule has 1 atom stereocenters. The number of aromatic nitrogens is 4. The van der Waals surface area contributed by atoms with Crippen LogP contribution in [0.4, 0.5) is 0 Å². The number of hydrogen-bond donors (Lipinski definition) is 0. The molecule has 2 aromatic heterocycles. The molecule has 6 nitrogen and oxygen atoms in total. The van der Waals surface area contributed by atoms with Crippen LogP contribution >= 0.6 is 15.9 Å². The number of likely N-dealkylation sites (tertiary alicyclic amines) is 1. The van der Waals surface area contributed by atoms with E-state index in [1.54, 1.807) is 24.7 Å². The van der Waals surface area contributed by atoms with Crippen molar-refractivity contribution < 1.29 is 4.79 Å². The number of pyridine rings is 1. The highest BCUT2D eigenvalue weighted by atomic mass is 79.9. The minimum atomic E-state index is 0.0463. The molecule has 0 bridgehead atoms. The van der Waals surface area contributed by atoms with Crippen molar-refractivity contribution >= 4 is 21.8 Å². The molecule has 3 rings (SSSR count). The van der Waals surface area contributed by atoms with Gasteiger partial charge in [-0.05, 0) is 40.9 Å². The highest BCUT2D eigenvalue weighted by Crippen LogP contribution is 2.26. The van der Waals surface area contributed by atoms with Gasteiger partial charge in [-0.3, -0.25) is 4.79 Å². The Morgan fingerprint density at radius 2 is 2.33 bits per heavy atom. The van der Waals surface area contributed by atoms with E-state index in [4.69, 9.17) is 0 Å². The van der Waals surface area contributed by atoms with Gasteiger partial charge in [0.15, 0.2) is 0 Å². The molecule has 1 fully saturated rings. The van der Waals surface area contributed by atoms with Crippen molar-refractivity contribution in [1.29, 1.82) is 0 Å². The zero-order valence-corrected chi connectivity index (χ0v) is 13.3. The predicted octanol–water partition coefficient (Wildman–Crippen LogP) is 1.99. The van der Waals surface area contributed by atoms with E-state index in [1.165, 1.54) is 0 Å². The van der Waals surface area contributed by atoms with E-state index in [0.717, 1.165) is 25.2 Å². The van der Waals surface area contributed by atoms with E-state index < -0.39 is 0 Å². The summed E-state index contributed by atoms with van der Waals surface area (Å²) in [5.74, 6) is 1.24. The third kappa shape index (κ3) is 2.97. The molecule has 1 aliphatic rings. The number of piperidine rings is 1. The lowest BCUT2D eigenvalue weighted by Crippen LogP contribution is -2.39. The van der Waals surface area contributed by atoms with Crippen LogP contribution in [0.5, 0.6) is 0 Å². The van der Waals surface area contributed by atoms with Crippen molar-refractivity contribution in [2.75, 3.05) is 13.1 Å². The van der Waals surface area contributed by atoms with Gasteiger partial charge in [0.1, 0.15) is 16.8 Å². The first kappa shape index (κ1) is 14.2. The van der Waals surface area contributed by atoms with Gasteiger partial charge in [-0.25, -0.2) is 4.98 Å². The summed E-state index contributed by atoms with van der Waals surface area (Å²) in [7, 11) is 1.94. The molecule has 1 amide bonds. The second-order valence-electron chi connectivity index (χ2n) is 5.26. The summed E-state index contributed by atoms with van der Waals surface area (Å²) in [5.41, 5.74) is 0.662. The first-order chi connectivity index (χ1) is 10.1. The van der Waals surface area contributed by atoms with Crippen LogP contribution in [0.15, 0.2) is 29.3 Å². The Labute approximate surface area is 131 Å². The Balaban J connectivity index is 1.77. The quantitative estimate of drug-likeness (QED) is 0.777. The molecule has 0 radical (unpaired) electrons. The van der Waals surface area contributed by atoms with Crippen LogP contribution in [0, 0.1) is 0 Å². The van der Waals surface area contributed by atoms with Crippen LogP contribution in [0.25, 0.3) is 0 Å². The van der Waals surface area contributed by atoms with Crippen molar-refractivity contribution in [3.8, 4) is 0 Å². The summed E-state index contributed by atoms with van der Waals surface area (Å²) < 4.78 is 2.61. The lowest BCUT2D eigenvalue weighted by atomic mass is 9.96. The molecule has 0 N–H and O–H groups in total. The van der Waals surface area contributed by atoms with Gasteiger partial charge in [0, 0.05) is 37.8 Å². The van der Waals surface area contributed by atoms with Gasteiger partial charge in [0.25, 0.3) is 5.91 Å². The molecular formula is C14H16BrN5O. The van der Waals surface area contributed by atoms with E-state index in [2.05, 4.69) is 31.1 Å². The second-order valence-corrected chi connectivity index (χ2v) is 6.07. The van der Waals surface area contributed by atoms with Gasteiger partial charge in [-0.2, -0.15) is 0 Å². The summed E-state index contributed by atoms with van der Waals surface area (Å²) >= 11 is 3.30. The SMILES string of the molecule is Cn1cnnc1C1CCCN(C(=O)c2ccnc(Br)c2)C1. The summed E-state index contributed by atoms with van der Waals surface area (Å²) in [6.07, 6.45) is 5.36. The molecule has 21 heavy (non-hydrogen) atoms. The monoisotopic (exact) mass is 349 g/mol. The second kappa shape index (κ2) is 5.93. The van der Waals surface area contributed by atoms with Gasteiger partial charge in [0.05, 0.1) is 0 Å². The Morgan fingerprint density at radius 3 is 3.05 bits per heavy atom. The third-order valence-electron chi connectivity index (χ3n) is 3.79. The number of rotatable bonds is 2.